The van der Waals surface area contributed by atoms with Crippen LogP contribution in [-0.4, -0.2) is 16.7 Å². The predicted octanol–water partition coefficient (Wildman–Crippen LogP) is 2.83. The normalized spacial score (nSPS) is 10.4. The van der Waals surface area contributed by atoms with Gasteiger partial charge in [0.25, 0.3) is 0 Å². The summed E-state index contributed by atoms with van der Waals surface area (Å²) in [6, 6.07) is 3.06. The van der Waals surface area contributed by atoms with Gasteiger partial charge in [0.1, 0.15) is 12.4 Å². The fourth-order valence-electron chi connectivity index (χ4n) is 1.26. The zero-order chi connectivity index (χ0) is 13.0. The van der Waals surface area contributed by atoms with E-state index in [1.165, 1.54) is 11.3 Å². The summed E-state index contributed by atoms with van der Waals surface area (Å²) in [6.07, 6.45) is 0. The van der Waals surface area contributed by atoms with Crippen molar-refractivity contribution < 1.29 is 13.5 Å². The lowest BCUT2D eigenvalue weighted by atomic mass is 10.3. The van der Waals surface area contributed by atoms with Gasteiger partial charge < -0.3 is 10.1 Å². The monoisotopic (exact) mass is 271 g/mol. The maximum absolute atomic E-state index is 13.3. The minimum atomic E-state index is -0.604. The van der Waals surface area contributed by atoms with Gasteiger partial charge in [0.2, 0.25) is 5.13 Å². The van der Waals surface area contributed by atoms with Crippen LogP contribution in [0.3, 0.4) is 0 Å². The van der Waals surface area contributed by atoms with Crippen LogP contribution in [0.5, 0.6) is 5.75 Å². The number of halogens is 2. The molecule has 96 valence electrons. The first-order chi connectivity index (χ1) is 8.69. The first-order valence-corrected chi connectivity index (χ1v) is 6.14. The van der Waals surface area contributed by atoms with Gasteiger partial charge in [0.05, 0.1) is 0 Å². The molecule has 18 heavy (non-hydrogen) atoms. The van der Waals surface area contributed by atoms with E-state index in [0.29, 0.717) is 10.1 Å². The van der Waals surface area contributed by atoms with Crippen LogP contribution < -0.4 is 10.1 Å². The molecule has 0 saturated carbocycles. The SMILES string of the molecule is CCNc1nnc(COc2cc(F)ccc2F)s1. The van der Waals surface area contributed by atoms with Crippen LogP contribution in [0.25, 0.3) is 0 Å². The predicted molar refractivity (Wildman–Crippen MR) is 64.8 cm³/mol. The topological polar surface area (TPSA) is 47.0 Å². The average molecular weight is 271 g/mol. The molecule has 4 nitrogen and oxygen atoms in total. The van der Waals surface area contributed by atoms with Crippen LogP contribution in [0, 0.1) is 11.6 Å². The molecule has 0 aliphatic rings. The highest BCUT2D eigenvalue weighted by atomic mass is 32.1. The third-order valence-electron chi connectivity index (χ3n) is 2.04. The molecule has 0 aliphatic carbocycles. The van der Waals surface area contributed by atoms with Crippen LogP contribution in [0.15, 0.2) is 18.2 Å². The Kier molecular flexibility index (Phi) is 4.03. The molecule has 0 atom stereocenters. The molecule has 1 heterocycles. The molecule has 0 radical (unpaired) electrons. The number of aromatic nitrogens is 2. The number of rotatable bonds is 5. The van der Waals surface area contributed by atoms with Crippen LogP contribution in [-0.2, 0) is 6.61 Å². The second-order valence-electron chi connectivity index (χ2n) is 3.39. The second-order valence-corrected chi connectivity index (χ2v) is 4.46. The van der Waals surface area contributed by atoms with Crippen molar-refractivity contribution in [3.63, 3.8) is 0 Å². The first-order valence-electron chi connectivity index (χ1n) is 5.33. The molecule has 2 rings (SSSR count). The lowest BCUT2D eigenvalue weighted by Crippen LogP contribution is -1.97. The molecule has 0 spiro atoms. The maximum Gasteiger partial charge on any atom is 0.205 e. The van der Waals surface area contributed by atoms with E-state index in [1.54, 1.807) is 0 Å². The highest BCUT2D eigenvalue weighted by Gasteiger charge is 2.08. The summed E-state index contributed by atoms with van der Waals surface area (Å²) in [5, 5.41) is 12.0. The summed E-state index contributed by atoms with van der Waals surface area (Å²) in [7, 11) is 0. The first kappa shape index (κ1) is 12.7. The van der Waals surface area contributed by atoms with Gasteiger partial charge in [-0.15, -0.1) is 10.2 Å². The van der Waals surface area contributed by atoms with Crippen molar-refractivity contribution in [1.29, 1.82) is 0 Å². The number of hydrogen-bond acceptors (Lipinski definition) is 5. The fraction of sp³-hybridized carbons (Fsp3) is 0.273. The third-order valence-corrected chi connectivity index (χ3v) is 2.89. The van der Waals surface area contributed by atoms with E-state index >= 15 is 0 Å². The van der Waals surface area contributed by atoms with Gasteiger partial charge in [0, 0.05) is 12.6 Å². The highest BCUT2D eigenvalue weighted by Crippen LogP contribution is 2.21. The highest BCUT2D eigenvalue weighted by molar-refractivity contribution is 7.15. The van der Waals surface area contributed by atoms with Crippen molar-refractivity contribution in [2.24, 2.45) is 0 Å². The zero-order valence-electron chi connectivity index (χ0n) is 9.61. The molecule has 0 amide bonds. The third kappa shape index (κ3) is 3.13. The molecule has 7 heteroatoms. The van der Waals surface area contributed by atoms with Gasteiger partial charge in [-0.3, -0.25) is 0 Å². The van der Waals surface area contributed by atoms with Gasteiger partial charge in [-0.1, -0.05) is 11.3 Å². The van der Waals surface area contributed by atoms with E-state index < -0.39 is 11.6 Å². The largest absolute Gasteiger partial charge is 0.483 e. The molecule has 0 fully saturated rings. The van der Waals surface area contributed by atoms with E-state index in [0.717, 1.165) is 24.7 Å². The zero-order valence-corrected chi connectivity index (χ0v) is 10.4. The summed E-state index contributed by atoms with van der Waals surface area (Å²) >= 11 is 1.31. The lowest BCUT2D eigenvalue weighted by Gasteiger charge is -2.04. The van der Waals surface area contributed by atoms with Crippen LogP contribution in [0.1, 0.15) is 11.9 Å². The minimum Gasteiger partial charge on any atom is -0.483 e. The Bertz CT molecular complexity index is 533. The molecule has 1 aromatic carbocycles. The number of ether oxygens (including phenoxy) is 1. The van der Waals surface area contributed by atoms with Crippen LogP contribution in [0.4, 0.5) is 13.9 Å². The van der Waals surface area contributed by atoms with Crippen molar-refractivity contribution in [2.45, 2.75) is 13.5 Å². The van der Waals surface area contributed by atoms with Crippen molar-refractivity contribution in [2.75, 3.05) is 11.9 Å². The number of nitrogens with one attached hydrogen (secondary N) is 1. The minimum absolute atomic E-state index is 0.0590. The summed E-state index contributed by atoms with van der Waals surface area (Å²) < 4.78 is 31.3. The Balaban J connectivity index is 1.99. The van der Waals surface area contributed by atoms with E-state index in [4.69, 9.17) is 4.74 Å². The Morgan fingerprint density at radius 3 is 2.94 bits per heavy atom. The summed E-state index contributed by atoms with van der Waals surface area (Å²) in [5.74, 6) is -1.28. The Labute approximate surface area is 107 Å². The lowest BCUT2D eigenvalue weighted by molar-refractivity contribution is 0.287. The summed E-state index contributed by atoms with van der Waals surface area (Å²) in [5.41, 5.74) is 0. The van der Waals surface area contributed by atoms with Crippen molar-refractivity contribution in [3.8, 4) is 5.75 Å². The number of anilines is 1. The molecule has 0 unspecified atom stereocenters. The van der Waals surface area contributed by atoms with Crippen LogP contribution in [0.2, 0.25) is 0 Å². The Morgan fingerprint density at radius 1 is 1.33 bits per heavy atom. The molecule has 2 aromatic rings. The molecular weight excluding hydrogens is 260 g/mol. The van der Waals surface area contributed by atoms with Gasteiger partial charge in [-0.2, -0.15) is 0 Å². The summed E-state index contributed by atoms with van der Waals surface area (Å²) in [6.45, 7) is 2.75. The molecule has 1 N–H and O–H groups in total. The smallest absolute Gasteiger partial charge is 0.205 e. The fourth-order valence-corrected chi connectivity index (χ4v) is 1.98. The number of benzene rings is 1. The summed E-state index contributed by atoms with van der Waals surface area (Å²) in [4.78, 5) is 0. The molecule has 0 aliphatic heterocycles. The average Bonchev–Trinajstić information content (AvgIpc) is 2.79. The van der Waals surface area contributed by atoms with Gasteiger partial charge in [-0.05, 0) is 19.1 Å². The molecule has 1 aromatic heterocycles. The van der Waals surface area contributed by atoms with Crippen molar-refractivity contribution >= 4 is 16.5 Å². The van der Waals surface area contributed by atoms with Gasteiger partial charge in [0.15, 0.2) is 16.6 Å². The standard InChI is InChI=1S/C11H11F2N3OS/c1-2-14-11-16-15-10(18-11)6-17-9-5-7(12)3-4-8(9)13/h3-5H,2,6H2,1H3,(H,14,16). The second kappa shape index (κ2) is 5.72. The Morgan fingerprint density at radius 2 is 2.17 bits per heavy atom. The Hall–Kier alpha value is -1.76. The van der Waals surface area contributed by atoms with E-state index in [-0.39, 0.29) is 12.4 Å². The van der Waals surface area contributed by atoms with Gasteiger partial charge in [-0.25, -0.2) is 8.78 Å². The van der Waals surface area contributed by atoms with E-state index in [9.17, 15) is 8.78 Å². The molecule has 0 bridgehead atoms. The van der Waals surface area contributed by atoms with E-state index in [1.807, 2.05) is 6.92 Å². The maximum atomic E-state index is 13.3. The molecule has 0 saturated heterocycles. The van der Waals surface area contributed by atoms with Crippen molar-refractivity contribution in [1.82, 2.24) is 10.2 Å². The number of nitrogens with zero attached hydrogens (tertiary/aromatic N) is 2. The molecular formula is C11H11F2N3OS. The number of hydrogen-bond donors (Lipinski definition) is 1. The van der Waals surface area contributed by atoms with E-state index in [2.05, 4.69) is 15.5 Å². The van der Waals surface area contributed by atoms with Crippen molar-refractivity contribution in [3.05, 3.63) is 34.8 Å². The van der Waals surface area contributed by atoms with Crippen LogP contribution >= 0.6 is 11.3 Å². The quantitative estimate of drug-likeness (QED) is 0.908. The van der Waals surface area contributed by atoms with Gasteiger partial charge >= 0.3 is 0 Å².